The summed E-state index contributed by atoms with van der Waals surface area (Å²) in [5.74, 6) is 0.484. The molecule has 7 heteroatoms. The maximum Gasteiger partial charge on any atom is 0.333 e. The van der Waals surface area contributed by atoms with E-state index in [0.717, 1.165) is 6.42 Å². The summed E-state index contributed by atoms with van der Waals surface area (Å²) in [4.78, 5) is 10.9. The van der Waals surface area contributed by atoms with Gasteiger partial charge in [0.25, 0.3) is 0 Å². The molecule has 0 aliphatic heterocycles. The smallest absolute Gasteiger partial charge is 0.333 e. The molecule has 0 radical (unpaired) electrons. The number of nitrogens with one attached hydrogen (secondary N) is 1. The highest BCUT2D eigenvalue weighted by molar-refractivity contribution is 5.59. The van der Waals surface area contributed by atoms with Gasteiger partial charge in [0.05, 0.1) is 4.92 Å². The van der Waals surface area contributed by atoms with Crippen molar-refractivity contribution < 1.29 is 9.66 Å². The average molecular weight is 298 g/mol. The first kappa shape index (κ1) is 17.4. The van der Waals surface area contributed by atoms with Crippen molar-refractivity contribution >= 4 is 11.5 Å². The lowest BCUT2D eigenvalue weighted by Crippen LogP contribution is -2.26. The Morgan fingerprint density at radius 3 is 2.57 bits per heavy atom. The monoisotopic (exact) mass is 298 g/mol. The molecule has 0 aliphatic carbocycles. The Balaban J connectivity index is 2.98. The van der Waals surface area contributed by atoms with Crippen LogP contribution in [0.2, 0.25) is 0 Å². The van der Waals surface area contributed by atoms with E-state index in [4.69, 9.17) is 4.74 Å². The summed E-state index contributed by atoms with van der Waals surface area (Å²) in [6.45, 7) is 11.1. The molecule has 1 N–H and O–H groups in total. The number of hydrogen-bond donors (Lipinski definition) is 1. The summed E-state index contributed by atoms with van der Waals surface area (Å²) in [6, 6.07) is 0.0574. The molecule has 0 spiro atoms. The molecule has 0 aliphatic rings. The second-order valence-electron chi connectivity index (χ2n) is 6.34. The highest BCUT2D eigenvalue weighted by Gasteiger charge is 2.28. The quantitative estimate of drug-likeness (QED) is 0.589. The number of methoxy groups -OCH3 is 1. The molecule has 1 heterocycles. The standard InChI is InChI=1S/C14H26N4O3/c1-10(2)17-13(12(18(19)20)11(3)16-17)15-9-14(4,5)7-8-21-6/h10,15H,7-9H2,1-6H3. The van der Waals surface area contributed by atoms with Crippen LogP contribution in [0.3, 0.4) is 0 Å². The van der Waals surface area contributed by atoms with Crippen LogP contribution < -0.4 is 5.32 Å². The number of nitrogens with zero attached hydrogens (tertiary/aromatic N) is 3. The molecule has 0 unspecified atom stereocenters. The van der Waals surface area contributed by atoms with E-state index in [9.17, 15) is 10.1 Å². The molecule has 1 aromatic rings. The van der Waals surface area contributed by atoms with E-state index in [1.54, 1.807) is 18.7 Å². The van der Waals surface area contributed by atoms with Gasteiger partial charge in [0.15, 0.2) is 0 Å². The number of aryl methyl sites for hydroxylation is 1. The minimum Gasteiger partial charge on any atom is -0.385 e. The lowest BCUT2D eigenvalue weighted by atomic mass is 9.90. The highest BCUT2D eigenvalue weighted by atomic mass is 16.6. The van der Waals surface area contributed by atoms with Crippen LogP contribution >= 0.6 is 0 Å². The summed E-state index contributed by atoms with van der Waals surface area (Å²) < 4.78 is 6.78. The lowest BCUT2D eigenvalue weighted by molar-refractivity contribution is -0.384. The zero-order valence-corrected chi connectivity index (χ0v) is 13.8. The predicted octanol–water partition coefficient (Wildman–Crippen LogP) is 3.16. The SMILES string of the molecule is COCCC(C)(C)CNc1c([N+](=O)[O-])c(C)nn1C(C)C. The fourth-order valence-electron chi connectivity index (χ4n) is 2.09. The molecule has 7 nitrogen and oxygen atoms in total. The van der Waals surface area contributed by atoms with Crippen LogP contribution in [0.25, 0.3) is 0 Å². The molecular weight excluding hydrogens is 272 g/mol. The van der Waals surface area contributed by atoms with Gasteiger partial charge in [0.1, 0.15) is 5.69 Å². The molecule has 0 saturated carbocycles. The Bertz CT molecular complexity index is 495. The maximum atomic E-state index is 11.3. The number of ether oxygens (including phenoxy) is 1. The van der Waals surface area contributed by atoms with Gasteiger partial charge >= 0.3 is 5.69 Å². The molecule has 0 aromatic carbocycles. The minimum absolute atomic E-state index is 0.0239. The molecule has 0 fully saturated rings. The first-order valence-corrected chi connectivity index (χ1v) is 7.16. The first-order chi connectivity index (χ1) is 9.69. The fraction of sp³-hybridized carbons (Fsp3) is 0.786. The Morgan fingerprint density at radius 2 is 2.10 bits per heavy atom. The first-order valence-electron chi connectivity index (χ1n) is 7.16. The normalized spacial score (nSPS) is 12.0. The number of rotatable bonds is 8. The van der Waals surface area contributed by atoms with Crippen LogP contribution in [0.1, 0.15) is 45.9 Å². The number of nitro groups is 1. The molecule has 0 amide bonds. The fourth-order valence-corrected chi connectivity index (χ4v) is 2.09. The van der Waals surface area contributed by atoms with Crippen LogP contribution in [-0.4, -0.2) is 35.0 Å². The zero-order chi connectivity index (χ0) is 16.2. The maximum absolute atomic E-state index is 11.3. The van der Waals surface area contributed by atoms with Crippen molar-refractivity contribution in [3.05, 3.63) is 15.8 Å². The van der Waals surface area contributed by atoms with Gasteiger partial charge in [0.2, 0.25) is 5.82 Å². The third kappa shape index (κ3) is 4.42. The van der Waals surface area contributed by atoms with Gasteiger partial charge in [-0.05, 0) is 32.6 Å². The van der Waals surface area contributed by atoms with Crippen molar-refractivity contribution in [1.82, 2.24) is 9.78 Å². The van der Waals surface area contributed by atoms with Crippen LogP contribution in [0.15, 0.2) is 0 Å². The molecule has 120 valence electrons. The van der Waals surface area contributed by atoms with Crippen LogP contribution in [0.5, 0.6) is 0 Å². The van der Waals surface area contributed by atoms with Crippen LogP contribution in [0, 0.1) is 22.5 Å². The molecule has 0 saturated heterocycles. The summed E-state index contributed by atoms with van der Waals surface area (Å²) in [5.41, 5.74) is 0.473. The van der Waals surface area contributed by atoms with Gasteiger partial charge in [-0.3, -0.25) is 10.1 Å². The average Bonchev–Trinajstić information content (AvgIpc) is 2.71. The van der Waals surface area contributed by atoms with E-state index >= 15 is 0 Å². The van der Waals surface area contributed by atoms with Crippen molar-refractivity contribution in [2.45, 2.75) is 47.1 Å². The number of hydrogen-bond acceptors (Lipinski definition) is 5. The van der Waals surface area contributed by atoms with Crippen molar-refractivity contribution in [2.75, 3.05) is 25.6 Å². The second-order valence-corrected chi connectivity index (χ2v) is 6.34. The van der Waals surface area contributed by atoms with Crippen molar-refractivity contribution in [3.8, 4) is 0 Å². The summed E-state index contributed by atoms with van der Waals surface area (Å²) in [7, 11) is 1.67. The van der Waals surface area contributed by atoms with Gasteiger partial charge in [0, 0.05) is 26.3 Å². The molecule has 1 rings (SSSR count). The van der Waals surface area contributed by atoms with Gasteiger partial charge in [-0.25, -0.2) is 4.68 Å². The third-order valence-electron chi connectivity index (χ3n) is 3.44. The van der Waals surface area contributed by atoms with Gasteiger partial charge in [-0.2, -0.15) is 5.10 Å². The van der Waals surface area contributed by atoms with Gasteiger partial charge in [-0.15, -0.1) is 0 Å². The molecule has 1 aromatic heterocycles. The molecule has 0 atom stereocenters. The van der Waals surface area contributed by atoms with Crippen molar-refractivity contribution in [3.63, 3.8) is 0 Å². The van der Waals surface area contributed by atoms with E-state index in [1.807, 2.05) is 13.8 Å². The van der Waals surface area contributed by atoms with Gasteiger partial charge < -0.3 is 10.1 Å². The van der Waals surface area contributed by atoms with E-state index in [-0.39, 0.29) is 22.1 Å². The largest absolute Gasteiger partial charge is 0.385 e. The van der Waals surface area contributed by atoms with Crippen LogP contribution in [-0.2, 0) is 4.74 Å². The Labute approximate surface area is 125 Å². The third-order valence-corrected chi connectivity index (χ3v) is 3.44. The summed E-state index contributed by atoms with van der Waals surface area (Å²) in [6.07, 6.45) is 0.874. The van der Waals surface area contributed by atoms with Gasteiger partial charge in [-0.1, -0.05) is 13.8 Å². The van der Waals surface area contributed by atoms with E-state index < -0.39 is 0 Å². The highest BCUT2D eigenvalue weighted by Crippen LogP contribution is 2.32. The zero-order valence-electron chi connectivity index (χ0n) is 13.8. The predicted molar refractivity (Wildman–Crippen MR) is 82.8 cm³/mol. The molecule has 0 bridgehead atoms. The lowest BCUT2D eigenvalue weighted by Gasteiger charge is -2.25. The Hall–Kier alpha value is -1.63. The van der Waals surface area contributed by atoms with E-state index in [0.29, 0.717) is 24.7 Å². The van der Waals surface area contributed by atoms with Crippen LogP contribution in [0.4, 0.5) is 11.5 Å². The summed E-state index contributed by atoms with van der Waals surface area (Å²) in [5, 5.41) is 18.8. The topological polar surface area (TPSA) is 82.2 Å². The summed E-state index contributed by atoms with van der Waals surface area (Å²) >= 11 is 0. The van der Waals surface area contributed by atoms with E-state index in [1.165, 1.54) is 0 Å². The Morgan fingerprint density at radius 1 is 1.48 bits per heavy atom. The minimum atomic E-state index is -0.369. The number of anilines is 1. The molecule has 21 heavy (non-hydrogen) atoms. The van der Waals surface area contributed by atoms with Crippen molar-refractivity contribution in [2.24, 2.45) is 5.41 Å². The van der Waals surface area contributed by atoms with E-state index in [2.05, 4.69) is 24.3 Å². The number of aromatic nitrogens is 2. The Kier molecular flexibility index (Phi) is 5.71. The second kappa shape index (κ2) is 6.89. The van der Waals surface area contributed by atoms with Crippen molar-refractivity contribution in [1.29, 1.82) is 0 Å². The molecular formula is C14H26N4O3.